The van der Waals surface area contributed by atoms with E-state index < -0.39 is 17.9 Å². The summed E-state index contributed by atoms with van der Waals surface area (Å²) in [5.74, 6) is -2.89. The summed E-state index contributed by atoms with van der Waals surface area (Å²) in [6.07, 6.45) is 5.21. The summed E-state index contributed by atoms with van der Waals surface area (Å²) in [5, 5.41) is 29.0. The van der Waals surface area contributed by atoms with Crippen molar-refractivity contribution in [2.75, 3.05) is 0 Å². The Balaban J connectivity index is 1.48. The molecule has 0 radical (unpaired) electrons. The van der Waals surface area contributed by atoms with Crippen LogP contribution >= 0.6 is 0 Å². The van der Waals surface area contributed by atoms with Crippen LogP contribution in [-0.2, 0) is 21.7 Å². The van der Waals surface area contributed by atoms with Crippen LogP contribution in [0.1, 0.15) is 104 Å². The van der Waals surface area contributed by atoms with Crippen LogP contribution in [0.15, 0.2) is 104 Å². The first-order chi connectivity index (χ1) is 21.9. The van der Waals surface area contributed by atoms with Crippen LogP contribution in [-0.4, -0.2) is 33.2 Å². The average Bonchev–Trinajstić information content (AvgIpc) is 3.04. The maximum Gasteiger partial charge on any atom is 0.335 e. The molecular formula is C40H36O6. The standard InChI is InChI=1S/C40H36O6/c1-25(2)26-3-11-30(12-4-26)37-19-38(31-13-5-27(6-14-31)34(41)42)22-39(20-37,32-15-7-28(8-16-32)35(43)44)24-40(21-37,23-38)33-17-9-29(10-18-33)36(45)46/h3-18H,1,19-24H2,2H3,(H,41,42)(H,43,44)(H,45,46). The van der Waals surface area contributed by atoms with Crippen molar-refractivity contribution in [1.82, 2.24) is 0 Å². The molecule has 3 N–H and O–H groups in total. The van der Waals surface area contributed by atoms with Gasteiger partial charge in [0.1, 0.15) is 0 Å². The van der Waals surface area contributed by atoms with Crippen molar-refractivity contribution in [2.45, 2.75) is 67.1 Å². The molecule has 0 spiro atoms. The molecule has 4 bridgehead atoms. The third kappa shape index (κ3) is 4.58. The number of carboxylic acid groups (broad SMARTS) is 3. The molecule has 232 valence electrons. The van der Waals surface area contributed by atoms with E-state index in [-0.39, 0.29) is 38.4 Å². The number of rotatable bonds is 8. The van der Waals surface area contributed by atoms with Crippen LogP contribution in [0.3, 0.4) is 0 Å². The molecular weight excluding hydrogens is 576 g/mol. The van der Waals surface area contributed by atoms with Gasteiger partial charge >= 0.3 is 17.9 Å². The Labute approximate surface area is 268 Å². The normalized spacial score (nSPS) is 27.7. The van der Waals surface area contributed by atoms with Gasteiger partial charge in [-0.1, -0.05) is 72.8 Å². The largest absolute Gasteiger partial charge is 0.478 e. The fourth-order valence-corrected chi connectivity index (χ4v) is 9.87. The Kier molecular flexibility index (Phi) is 6.64. The summed E-state index contributed by atoms with van der Waals surface area (Å²) in [7, 11) is 0. The van der Waals surface area contributed by atoms with Crippen LogP contribution in [0.4, 0.5) is 0 Å². The molecule has 0 aliphatic heterocycles. The Hall–Kier alpha value is -4.97. The lowest BCUT2D eigenvalue weighted by atomic mass is 9.32. The van der Waals surface area contributed by atoms with Gasteiger partial charge in [0.05, 0.1) is 16.7 Å². The average molecular weight is 613 g/mol. The van der Waals surface area contributed by atoms with Crippen molar-refractivity contribution < 1.29 is 29.7 Å². The number of carbonyl (C=O) groups is 3. The van der Waals surface area contributed by atoms with Crippen molar-refractivity contribution in [3.05, 3.63) is 148 Å². The minimum atomic E-state index is -0.962. The van der Waals surface area contributed by atoms with Crippen molar-refractivity contribution in [2.24, 2.45) is 0 Å². The SMILES string of the molecule is C=C(C)c1ccc(C23CC4(c5ccc(C(=O)O)cc5)CC(c5ccc(C(=O)O)cc5)(C2)CC(c2ccc(C(=O)O)cc2)(C3)C4)cc1. The van der Waals surface area contributed by atoms with Gasteiger partial charge in [-0.05, 0) is 131 Å². The molecule has 0 atom stereocenters. The van der Waals surface area contributed by atoms with Crippen LogP contribution in [0.25, 0.3) is 5.57 Å². The van der Waals surface area contributed by atoms with E-state index in [9.17, 15) is 29.7 Å². The predicted octanol–water partition coefficient (Wildman–Crippen LogP) is 8.25. The zero-order valence-electron chi connectivity index (χ0n) is 25.8. The zero-order chi connectivity index (χ0) is 32.5. The number of carboxylic acids is 3. The molecule has 4 aliphatic rings. The molecule has 6 heteroatoms. The predicted molar refractivity (Wildman–Crippen MR) is 176 cm³/mol. The molecule has 46 heavy (non-hydrogen) atoms. The molecule has 4 aromatic rings. The van der Waals surface area contributed by atoms with Crippen LogP contribution in [0.5, 0.6) is 0 Å². The van der Waals surface area contributed by atoms with Crippen LogP contribution in [0, 0.1) is 0 Å². The second-order valence-electron chi connectivity index (χ2n) is 14.2. The van der Waals surface area contributed by atoms with Gasteiger partial charge in [0, 0.05) is 0 Å². The van der Waals surface area contributed by atoms with Gasteiger partial charge in [-0.15, -0.1) is 0 Å². The quantitative estimate of drug-likeness (QED) is 0.185. The first-order valence-electron chi connectivity index (χ1n) is 15.7. The number of hydrogen-bond acceptors (Lipinski definition) is 3. The molecule has 0 heterocycles. The Morgan fingerprint density at radius 2 is 0.630 bits per heavy atom. The van der Waals surface area contributed by atoms with E-state index in [1.807, 2.05) is 43.3 Å². The first-order valence-corrected chi connectivity index (χ1v) is 15.7. The molecule has 8 rings (SSSR count). The van der Waals surface area contributed by atoms with Gasteiger partial charge < -0.3 is 15.3 Å². The Morgan fingerprint density at radius 3 is 0.804 bits per heavy atom. The molecule has 4 saturated carbocycles. The Morgan fingerprint density at radius 1 is 0.435 bits per heavy atom. The van der Waals surface area contributed by atoms with Crippen LogP contribution in [0.2, 0.25) is 0 Å². The smallest absolute Gasteiger partial charge is 0.335 e. The molecule has 4 aliphatic carbocycles. The second-order valence-corrected chi connectivity index (χ2v) is 14.2. The van der Waals surface area contributed by atoms with E-state index in [0.29, 0.717) is 0 Å². The molecule has 0 saturated heterocycles. The van der Waals surface area contributed by atoms with Gasteiger partial charge in [-0.3, -0.25) is 0 Å². The third-order valence-electron chi connectivity index (χ3n) is 11.3. The topological polar surface area (TPSA) is 112 Å². The number of aromatic carboxylic acids is 3. The number of allylic oxidation sites excluding steroid dienone is 1. The van der Waals surface area contributed by atoms with Crippen molar-refractivity contribution in [1.29, 1.82) is 0 Å². The van der Waals surface area contributed by atoms with E-state index in [4.69, 9.17) is 0 Å². The van der Waals surface area contributed by atoms with Gasteiger partial charge in [-0.25, -0.2) is 14.4 Å². The molecule has 6 nitrogen and oxygen atoms in total. The zero-order valence-corrected chi connectivity index (χ0v) is 25.8. The van der Waals surface area contributed by atoms with Gasteiger partial charge in [-0.2, -0.15) is 0 Å². The van der Waals surface area contributed by atoms with Gasteiger partial charge in [0.2, 0.25) is 0 Å². The third-order valence-corrected chi connectivity index (χ3v) is 11.3. The van der Waals surface area contributed by atoms with Crippen molar-refractivity contribution in [3.8, 4) is 0 Å². The Bertz CT molecular complexity index is 1570. The highest BCUT2D eigenvalue weighted by Crippen LogP contribution is 2.74. The molecule has 0 aromatic heterocycles. The van der Waals surface area contributed by atoms with E-state index in [1.54, 1.807) is 36.4 Å². The lowest BCUT2D eigenvalue weighted by Crippen LogP contribution is -2.67. The van der Waals surface area contributed by atoms with E-state index in [1.165, 1.54) is 5.56 Å². The van der Waals surface area contributed by atoms with E-state index >= 15 is 0 Å². The number of hydrogen-bond donors (Lipinski definition) is 3. The maximum absolute atomic E-state index is 11.8. The fourth-order valence-electron chi connectivity index (χ4n) is 9.87. The lowest BCUT2D eigenvalue weighted by molar-refractivity contribution is -0.0692. The monoisotopic (exact) mass is 612 g/mol. The molecule has 0 unspecified atom stereocenters. The highest BCUT2D eigenvalue weighted by Gasteiger charge is 2.69. The maximum atomic E-state index is 11.8. The molecule has 0 amide bonds. The lowest BCUT2D eigenvalue weighted by Gasteiger charge is -2.71. The summed E-state index contributed by atoms with van der Waals surface area (Å²) < 4.78 is 0. The summed E-state index contributed by atoms with van der Waals surface area (Å²) in [6.45, 7) is 6.13. The molecule has 4 fully saturated rings. The van der Waals surface area contributed by atoms with Crippen molar-refractivity contribution in [3.63, 3.8) is 0 Å². The van der Waals surface area contributed by atoms with Crippen molar-refractivity contribution >= 4 is 23.5 Å². The van der Waals surface area contributed by atoms with Gasteiger partial charge in [0.15, 0.2) is 0 Å². The molecule has 4 aromatic carbocycles. The summed E-state index contributed by atoms with van der Waals surface area (Å²) >= 11 is 0. The highest BCUT2D eigenvalue weighted by atomic mass is 16.4. The summed E-state index contributed by atoms with van der Waals surface area (Å²) in [6, 6.07) is 30.9. The minimum absolute atomic E-state index is 0.245. The van der Waals surface area contributed by atoms with E-state index in [2.05, 4.69) is 30.8 Å². The van der Waals surface area contributed by atoms with Crippen LogP contribution < -0.4 is 0 Å². The van der Waals surface area contributed by atoms with E-state index in [0.717, 1.165) is 66.4 Å². The minimum Gasteiger partial charge on any atom is -0.478 e. The highest BCUT2D eigenvalue weighted by molar-refractivity contribution is 5.88. The first kappa shape index (κ1) is 29.7. The summed E-state index contributed by atoms with van der Waals surface area (Å²) in [4.78, 5) is 35.4. The fraction of sp³-hybridized carbons (Fsp3) is 0.275. The summed E-state index contributed by atoms with van der Waals surface area (Å²) in [5.41, 5.74) is 6.23. The van der Waals surface area contributed by atoms with Gasteiger partial charge in [0.25, 0.3) is 0 Å². The second kappa shape index (κ2) is 10.3. The number of benzene rings is 4.